The minimum Gasteiger partial charge on any atom is -0.497 e. The summed E-state index contributed by atoms with van der Waals surface area (Å²) < 4.78 is 5.34. The summed E-state index contributed by atoms with van der Waals surface area (Å²) in [4.78, 5) is 11.6. The van der Waals surface area contributed by atoms with Crippen molar-refractivity contribution in [1.29, 1.82) is 5.26 Å². The van der Waals surface area contributed by atoms with Crippen LogP contribution < -0.4 is 15.4 Å². The third-order valence-electron chi connectivity index (χ3n) is 7.50. The Kier molecular flexibility index (Phi) is 8.09. The quantitative estimate of drug-likeness (QED) is 0.514. The smallest absolute Gasteiger partial charge is 0.224 e. The Morgan fingerprint density at radius 3 is 2.60 bits per heavy atom. The molecule has 2 aliphatic rings. The van der Waals surface area contributed by atoms with Gasteiger partial charge in [-0.3, -0.25) is 4.90 Å². The molecule has 8 nitrogen and oxygen atoms in total. The van der Waals surface area contributed by atoms with E-state index >= 15 is 0 Å². The van der Waals surface area contributed by atoms with Crippen molar-refractivity contribution < 1.29 is 9.84 Å². The fraction of sp³-hybridized carbons (Fsp3) is 0.593. The predicted octanol–water partition coefficient (Wildman–Crippen LogP) is 4.35. The Morgan fingerprint density at radius 2 is 1.94 bits per heavy atom. The van der Waals surface area contributed by atoms with Gasteiger partial charge in [-0.25, -0.2) is 4.98 Å². The number of aliphatic hydroxyl groups is 1. The van der Waals surface area contributed by atoms with Gasteiger partial charge >= 0.3 is 0 Å². The Balaban J connectivity index is 1.49. The molecule has 0 spiro atoms. The zero-order valence-corrected chi connectivity index (χ0v) is 21.1. The zero-order chi connectivity index (χ0) is 24.8. The number of nitrogens with one attached hydrogen (secondary N) is 2. The fourth-order valence-electron chi connectivity index (χ4n) is 5.30. The molecule has 1 saturated heterocycles. The first kappa shape index (κ1) is 25.2. The van der Waals surface area contributed by atoms with Gasteiger partial charge in [-0.1, -0.05) is 32.4 Å². The molecule has 1 aliphatic heterocycles. The number of aliphatic hydroxyl groups excluding tert-OH is 1. The maximum atomic E-state index is 10.3. The number of nitriles is 1. The van der Waals surface area contributed by atoms with Gasteiger partial charge in [0.05, 0.1) is 25.5 Å². The first-order valence-corrected chi connectivity index (χ1v) is 12.7. The molecule has 3 atom stereocenters. The second kappa shape index (κ2) is 11.2. The SMILES string of the molecule is COc1ccc(C(CNc2ncc(C#N)c(N[C@@H]3CC[C@H](O)C(C)(C)C3)n2)N2CCCCC2)cc1. The number of nitrogens with zero attached hydrogens (tertiary/aromatic N) is 4. The van der Waals surface area contributed by atoms with Crippen molar-refractivity contribution in [2.75, 3.05) is 37.4 Å². The number of hydrogen-bond donors (Lipinski definition) is 3. The van der Waals surface area contributed by atoms with Gasteiger partial charge in [0.1, 0.15) is 23.2 Å². The van der Waals surface area contributed by atoms with E-state index in [4.69, 9.17) is 4.74 Å². The normalized spacial score (nSPS) is 23.2. The molecule has 0 amide bonds. The van der Waals surface area contributed by atoms with Gasteiger partial charge in [-0.05, 0) is 68.3 Å². The van der Waals surface area contributed by atoms with Crippen molar-refractivity contribution in [3.63, 3.8) is 0 Å². The lowest BCUT2D eigenvalue weighted by molar-refractivity contribution is 0.00926. The molecule has 8 heteroatoms. The van der Waals surface area contributed by atoms with Crippen molar-refractivity contribution >= 4 is 11.8 Å². The van der Waals surface area contributed by atoms with Gasteiger partial charge in [0, 0.05) is 12.6 Å². The van der Waals surface area contributed by atoms with Crippen molar-refractivity contribution in [3.8, 4) is 11.8 Å². The molecule has 2 fully saturated rings. The minimum absolute atomic E-state index is 0.156. The van der Waals surface area contributed by atoms with Crippen LogP contribution in [0.15, 0.2) is 30.5 Å². The summed E-state index contributed by atoms with van der Waals surface area (Å²) in [6.45, 7) is 6.99. The van der Waals surface area contributed by atoms with E-state index in [-0.39, 0.29) is 23.6 Å². The number of benzene rings is 1. The van der Waals surface area contributed by atoms with Crippen LogP contribution in [0.25, 0.3) is 0 Å². The van der Waals surface area contributed by atoms with Crippen LogP contribution in [-0.2, 0) is 0 Å². The van der Waals surface area contributed by atoms with Crippen LogP contribution in [0.4, 0.5) is 11.8 Å². The summed E-state index contributed by atoms with van der Waals surface area (Å²) in [6, 6.07) is 10.8. The number of aromatic nitrogens is 2. The second-order valence-corrected chi connectivity index (χ2v) is 10.5. The molecule has 188 valence electrons. The van der Waals surface area contributed by atoms with E-state index in [0.717, 1.165) is 38.1 Å². The van der Waals surface area contributed by atoms with E-state index in [9.17, 15) is 10.4 Å². The molecule has 1 aromatic carbocycles. The molecule has 3 N–H and O–H groups in total. The topological polar surface area (TPSA) is 106 Å². The number of methoxy groups -OCH3 is 1. The molecule has 0 radical (unpaired) electrons. The van der Waals surface area contributed by atoms with Gasteiger partial charge in [0.25, 0.3) is 0 Å². The maximum absolute atomic E-state index is 10.3. The van der Waals surface area contributed by atoms with Crippen LogP contribution in [0.2, 0.25) is 0 Å². The lowest BCUT2D eigenvalue weighted by Crippen LogP contribution is -2.41. The van der Waals surface area contributed by atoms with Crippen LogP contribution in [0.1, 0.15) is 69.5 Å². The van der Waals surface area contributed by atoms with E-state index in [2.05, 4.69) is 57.6 Å². The molecule has 1 unspecified atom stereocenters. The summed E-state index contributed by atoms with van der Waals surface area (Å²) >= 11 is 0. The lowest BCUT2D eigenvalue weighted by Gasteiger charge is -2.40. The first-order valence-electron chi connectivity index (χ1n) is 12.7. The number of anilines is 2. The highest BCUT2D eigenvalue weighted by molar-refractivity contribution is 5.54. The minimum atomic E-state index is -0.303. The largest absolute Gasteiger partial charge is 0.497 e. The zero-order valence-electron chi connectivity index (χ0n) is 21.1. The summed E-state index contributed by atoms with van der Waals surface area (Å²) in [7, 11) is 1.68. The summed E-state index contributed by atoms with van der Waals surface area (Å²) in [5.41, 5.74) is 1.49. The lowest BCUT2D eigenvalue weighted by atomic mass is 9.73. The molecule has 0 bridgehead atoms. The Bertz CT molecular complexity index is 1010. The average molecular weight is 479 g/mol. The molecule has 1 aromatic heterocycles. The average Bonchev–Trinajstić information content (AvgIpc) is 2.87. The summed E-state index contributed by atoms with van der Waals surface area (Å²) in [5, 5.41) is 26.8. The first-order chi connectivity index (χ1) is 16.9. The van der Waals surface area contributed by atoms with Crippen LogP contribution in [0.3, 0.4) is 0 Å². The molecule has 1 saturated carbocycles. The van der Waals surface area contributed by atoms with Crippen molar-refractivity contribution in [1.82, 2.24) is 14.9 Å². The van der Waals surface area contributed by atoms with E-state index in [1.165, 1.54) is 24.8 Å². The highest BCUT2D eigenvalue weighted by Crippen LogP contribution is 2.37. The number of rotatable bonds is 8. The van der Waals surface area contributed by atoms with Crippen LogP contribution in [-0.4, -0.2) is 58.9 Å². The Morgan fingerprint density at radius 1 is 1.20 bits per heavy atom. The third kappa shape index (κ3) is 6.22. The molecule has 2 aromatic rings. The monoisotopic (exact) mass is 478 g/mol. The number of piperidine rings is 1. The van der Waals surface area contributed by atoms with Gasteiger partial charge in [-0.15, -0.1) is 0 Å². The van der Waals surface area contributed by atoms with Gasteiger partial charge < -0.3 is 20.5 Å². The van der Waals surface area contributed by atoms with Gasteiger partial charge in [-0.2, -0.15) is 10.2 Å². The standard InChI is InChI=1S/C27H38N6O2/c1-27(2)15-21(9-12-24(27)34)31-25-20(16-28)17-29-26(32-25)30-18-23(33-13-5-4-6-14-33)19-7-10-22(35-3)11-8-19/h7-8,10-11,17,21,23-24,34H,4-6,9,12-15,18H2,1-3H3,(H2,29,30,31,32)/t21-,23?,24+/m1/s1. The Hall–Kier alpha value is -2.89. The third-order valence-corrected chi connectivity index (χ3v) is 7.50. The highest BCUT2D eigenvalue weighted by atomic mass is 16.5. The van der Waals surface area contributed by atoms with Crippen LogP contribution >= 0.6 is 0 Å². The number of ether oxygens (including phenoxy) is 1. The maximum Gasteiger partial charge on any atom is 0.224 e. The molecule has 4 rings (SSSR count). The molecule has 1 aliphatic carbocycles. The molecular formula is C27H38N6O2. The van der Waals surface area contributed by atoms with Gasteiger partial charge in [0.2, 0.25) is 5.95 Å². The predicted molar refractivity (Wildman–Crippen MR) is 137 cm³/mol. The second-order valence-electron chi connectivity index (χ2n) is 10.5. The highest BCUT2D eigenvalue weighted by Gasteiger charge is 2.36. The van der Waals surface area contributed by atoms with Crippen LogP contribution in [0, 0.1) is 16.7 Å². The number of likely N-dealkylation sites (tertiary alicyclic amines) is 1. The van der Waals surface area contributed by atoms with E-state index in [0.29, 0.717) is 23.9 Å². The van der Waals surface area contributed by atoms with E-state index in [1.54, 1.807) is 13.3 Å². The Labute approximate surface area is 208 Å². The summed E-state index contributed by atoms with van der Waals surface area (Å²) in [5.74, 6) is 1.92. The van der Waals surface area contributed by atoms with Crippen LogP contribution in [0.5, 0.6) is 5.75 Å². The molecular weight excluding hydrogens is 440 g/mol. The number of hydrogen-bond acceptors (Lipinski definition) is 8. The summed E-state index contributed by atoms with van der Waals surface area (Å²) in [6.07, 6.45) is 7.38. The van der Waals surface area contributed by atoms with Crippen molar-refractivity contribution in [3.05, 3.63) is 41.6 Å². The fourth-order valence-corrected chi connectivity index (χ4v) is 5.30. The van der Waals surface area contributed by atoms with Gasteiger partial charge in [0.15, 0.2) is 0 Å². The van der Waals surface area contributed by atoms with Crippen molar-refractivity contribution in [2.45, 2.75) is 70.6 Å². The van der Waals surface area contributed by atoms with E-state index < -0.39 is 0 Å². The molecule has 35 heavy (non-hydrogen) atoms. The molecule has 2 heterocycles. The van der Waals surface area contributed by atoms with Crippen molar-refractivity contribution in [2.24, 2.45) is 5.41 Å². The van der Waals surface area contributed by atoms with E-state index in [1.807, 2.05) is 12.1 Å².